The third kappa shape index (κ3) is 3.69. The Morgan fingerprint density at radius 3 is 2.88 bits per heavy atom. The van der Waals surface area contributed by atoms with Crippen molar-refractivity contribution in [2.75, 3.05) is 19.2 Å². The molecule has 0 saturated carbocycles. The molecule has 1 saturated heterocycles. The monoisotopic (exact) mass is 368 g/mol. The summed E-state index contributed by atoms with van der Waals surface area (Å²) in [6.07, 6.45) is 1.05. The van der Waals surface area contributed by atoms with E-state index in [1.54, 1.807) is 23.1 Å². The maximum atomic E-state index is 13.0. The average molecular weight is 369 g/mol. The summed E-state index contributed by atoms with van der Waals surface area (Å²) in [5.74, 6) is 1.18. The molecular formula is C17H24N2O3S2. The van der Waals surface area contributed by atoms with Gasteiger partial charge in [0.1, 0.15) is 11.6 Å². The largest absolute Gasteiger partial charge is 0.355 e. The van der Waals surface area contributed by atoms with Gasteiger partial charge in [0.25, 0.3) is 5.56 Å². The highest BCUT2D eigenvalue weighted by molar-refractivity contribution is 7.99. The quantitative estimate of drug-likeness (QED) is 0.596. The zero-order valence-corrected chi connectivity index (χ0v) is 16.3. The Morgan fingerprint density at radius 1 is 1.42 bits per heavy atom. The van der Waals surface area contributed by atoms with Crippen LogP contribution in [-0.2, 0) is 16.0 Å². The molecule has 3 rings (SSSR count). The van der Waals surface area contributed by atoms with E-state index in [0.717, 1.165) is 39.7 Å². The predicted octanol–water partition coefficient (Wildman–Crippen LogP) is 3.59. The summed E-state index contributed by atoms with van der Waals surface area (Å²) in [7, 11) is 0. The van der Waals surface area contributed by atoms with Gasteiger partial charge in [0.2, 0.25) is 0 Å². The van der Waals surface area contributed by atoms with E-state index in [1.807, 2.05) is 11.5 Å². The van der Waals surface area contributed by atoms with Crippen LogP contribution in [0.25, 0.3) is 10.2 Å². The van der Waals surface area contributed by atoms with Gasteiger partial charge in [-0.25, -0.2) is 4.98 Å². The number of thioether (sulfide) groups is 1. The van der Waals surface area contributed by atoms with Crippen molar-refractivity contribution < 1.29 is 9.47 Å². The molecule has 1 atom stereocenters. The van der Waals surface area contributed by atoms with Crippen molar-refractivity contribution in [2.45, 2.75) is 51.9 Å². The molecule has 3 heterocycles. The summed E-state index contributed by atoms with van der Waals surface area (Å²) < 4.78 is 12.7. The highest BCUT2D eigenvalue weighted by Crippen LogP contribution is 2.29. The number of nitrogens with zero attached hydrogens (tertiary/aromatic N) is 2. The van der Waals surface area contributed by atoms with Crippen molar-refractivity contribution in [1.29, 1.82) is 0 Å². The second-order valence-corrected chi connectivity index (χ2v) is 8.77. The molecular weight excluding hydrogens is 344 g/mol. The number of ether oxygens (including phenoxy) is 2. The number of rotatable bonds is 5. The van der Waals surface area contributed by atoms with Crippen LogP contribution in [0, 0.1) is 19.8 Å². The fraction of sp³-hybridized carbons (Fsp3) is 0.647. The molecule has 1 aliphatic rings. The molecule has 0 unspecified atom stereocenters. The lowest BCUT2D eigenvalue weighted by atomic mass is 10.2. The van der Waals surface area contributed by atoms with E-state index in [4.69, 9.17) is 14.5 Å². The van der Waals surface area contributed by atoms with E-state index < -0.39 is 0 Å². The molecule has 0 aliphatic carbocycles. The van der Waals surface area contributed by atoms with Crippen LogP contribution in [0.3, 0.4) is 0 Å². The van der Waals surface area contributed by atoms with Crippen LogP contribution in [0.5, 0.6) is 0 Å². The maximum Gasteiger partial charge on any atom is 0.263 e. The zero-order chi connectivity index (χ0) is 17.3. The fourth-order valence-corrected chi connectivity index (χ4v) is 4.89. The van der Waals surface area contributed by atoms with Crippen LogP contribution in [0.15, 0.2) is 9.95 Å². The minimum absolute atomic E-state index is 0.0888. The van der Waals surface area contributed by atoms with E-state index in [2.05, 4.69) is 20.8 Å². The zero-order valence-electron chi connectivity index (χ0n) is 14.6. The third-order valence-corrected chi connectivity index (χ3v) is 6.38. The Morgan fingerprint density at radius 2 is 2.21 bits per heavy atom. The number of thiophene rings is 1. The molecule has 0 amide bonds. The minimum atomic E-state index is 0.0888. The fourth-order valence-electron chi connectivity index (χ4n) is 2.75. The first-order valence-electron chi connectivity index (χ1n) is 8.30. The first kappa shape index (κ1) is 17.9. The molecule has 2 aromatic rings. The van der Waals surface area contributed by atoms with Crippen LogP contribution in [0.4, 0.5) is 0 Å². The Labute approximate surface area is 150 Å². The molecule has 132 valence electrons. The van der Waals surface area contributed by atoms with E-state index in [-0.39, 0.29) is 11.7 Å². The van der Waals surface area contributed by atoms with Gasteiger partial charge in [0.15, 0.2) is 5.16 Å². The van der Waals surface area contributed by atoms with Gasteiger partial charge in [-0.05, 0) is 31.7 Å². The molecule has 2 aromatic heterocycles. The van der Waals surface area contributed by atoms with Gasteiger partial charge >= 0.3 is 0 Å². The van der Waals surface area contributed by atoms with Gasteiger partial charge in [0, 0.05) is 17.2 Å². The van der Waals surface area contributed by atoms with Gasteiger partial charge < -0.3 is 9.47 Å². The van der Waals surface area contributed by atoms with Crippen molar-refractivity contribution in [3.05, 3.63) is 20.8 Å². The van der Waals surface area contributed by atoms with Crippen molar-refractivity contribution in [2.24, 2.45) is 5.92 Å². The van der Waals surface area contributed by atoms with Crippen molar-refractivity contribution >= 4 is 33.3 Å². The van der Waals surface area contributed by atoms with Gasteiger partial charge in [0.05, 0.1) is 18.1 Å². The molecule has 24 heavy (non-hydrogen) atoms. The number of aromatic nitrogens is 2. The number of hydrogen-bond acceptors (Lipinski definition) is 6. The van der Waals surface area contributed by atoms with Crippen LogP contribution < -0.4 is 5.56 Å². The summed E-state index contributed by atoms with van der Waals surface area (Å²) in [4.78, 5) is 19.9. The predicted molar refractivity (Wildman–Crippen MR) is 99.2 cm³/mol. The lowest BCUT2D eigenvalue weighted by Gasteiger charge is -2.22. The Hall–Kier alpha value is -0.890. The molecule has 0 radical (unpaired) electrons. The molecule has 1 fully saturated rings. The lowest BCUT2D eigenvalue weighted by Crippen LogP contribution is -2.28. The van der Waals surface area contributed by atoms with Crippen molar-refractivity contribution in [1.82, 2.24) is 9.55 Å². The topological polar surface area (TPSA) is 53.4 Å². The Bertz CT molecular complexity index is 776. The second kappa shape index (κ2) is 7.56. The SMILES string of the molecule is Cc1sc2nc(SC[C@@H]3CCOCO3)n(CC(C)C)c(=O)c2c1C. The number of hydrogen-bond donors (Lipinski definition) is 0. The standard InChI is InChI=1S/C17H24N2O3S2/c1-10(2)7-19-16(20)14-11(3)12(4)24-15(14)18-17(19)23-8-13-5-6-21-9-22-13/h10,13H,5-9H2,1-4H3/t13-/m0/s1. The molecule has 5 nitrogen and oxygen atoms in total. The Kier molecular flexibility index (Phi) is 5.64. The average Bonchev–Trinajstić information content (AvgIpc) is 2.84. The number of fused-ring (bicyclic) bond motifs is 1. The molecule has 0 bridgehead atoms. The number of aryl methyl sites for hydroxylation is 2. The first-order chi connectivity index (χ1) is 11.5. The van der Waals surface area contributed by atoms with Gasteiger partial charge in [-0.1, -0.05) is 25.6 Å². The van der Waals surface area contributed by atoms with Gasteiger partial charge in [-0.3, -0.25) is 9.36 Å². The molecule has 1 aliphatic heterocycles. The molecule has 0 N–H and O–H groups in total. The first-order valence-corrected chi connectivity index (χ1v) is 10.1. The summed E-state index contributed by atoms with van der Waals surface area (Å²) in [6.45, 7) is 10.1. The van der Waals surface area contributed by atoms with Crippen LogP contribution >= 0.6 is 23.1 Å². The second-order valence-electron chi connectivity index (χ2n) is 6.58. The smallest absolute Gasteiger partial charge is 0.263 e. The molecule has 0 aromatic carbocycles. The Balaban J connectivity index is 1.96. The highest BCUT2D eigenvalue weighted by Gasteiger charge is 2.20. The summed E-state index contributed by atoms with van der Waals surface area (Å²) in [5, 5.41) is 1.59. The summed E-state index contributed by atoms with van der Waals surface area (Å²) in [5.41, 5.74) is 1.15. The highest BCUT2D eigenvalue weighted by atomic mass is 32.2. The molecule has 0 spiro atoms. The lowest BCUT2D eigenvalue weighted by molar-refractivity contribution is -0.130. The summed E-state index contributed by atoms with van der Waals surface area (Å²) >= 11 is 3.22. The van der Waals surface area contributed by atoms with E-state index in [0.29, 0.717) is 19.3 Å². The van der Waals surface area contributed by atoms with Crippen LogP contribution in [-0.4, -0.2) is 34.8 Å². The molecule has 7 heteroatoms. The normalized spacial score (nSPS) is 18.6. The van der Waals surface area contributed by atoms with Crippen LogP contribution in [0.1, 0.15) is 30.7 Å². The van der Waals surface area contributed by atoms with Gasteiger partial charge in [-0.2, -0.15) is 0 Å². The van der Waals surface area contributed by atoms with Crippen molar-refractivity contribution in [3.8, 4) is 0 Å². The minimum Gasteiger partial charge on any atom is -0.355 e. The van der Waals surface area contributed by atoms with Crippen LogP contribution in [0.2, 0.25) is 0 Å². The van der Waals surface area contributed by atoms with E-state index >= 15 is 0 Å². The summed E-state index contributed by atoms with van der Waals surface area (Å²) in [6, 6.07) is 0. The van der Waals surface area contributed by atoms with E-state index in [1.165, 1.54) is 4.88 Å². The van der Waals surface area contributed by atoms with E-state index in [9.17, 15) is 4.79 Å². The maximum absolute atomic E-state index is 13.0. The van der Waals surface area contributed by atoms with Gasteiger partial charge in [-0.15, -0.1) is 11.3 Å². The third-order valence-electron chi connectivity index (χ3n) is 4.17. The van der Waals surface area contributed by atoms with Crippen molar-refractivity contribution in [3.63, 3.8) is 0 Å².